The highest BCUT2D eigenvalue weighted by atomic mass is 35.5. The summed E-state index contributed by atoms with van der Waals surface area (Å²) < 4.78 is 0. The number of rotatable bonds is 2. The van der Waals surface area contributed by atoms with Crippen molar-refractivity contribution >= 4 is 40.5 Å². The summed E-state index contributed by atoms with van der Waals surface area (Å²) in [6.45, 7) is 0.312. The number of nitrogens with two attached hydrogens (primary N) is 1. The van der Waals surface area contributed by atoms with Crippen LogP contribution in [0.5, 0.6) is 0 Å². The van der Waals surface area contributed by atoms with Crippen molar-refractivity contribution in [2.75, 3.05) is 18.5 Å². The van der Waals surface area contributed by atoms with E-state index >= 15 is 0 Å². The molecule has 122 valence electrons. The second-order valence-electron chi connectivity index (χ2n) is 5.40. The molecule has 6 heteroatoms. The van der Waals surface area contributed by atoms with Crippen molar-refractivity contribution < 1.29 is 4.79 Å². The Hall–Kier alpha value is -2.30. The van der Waals surface area contributed by atoms with E-state index in [0.29, 0.717) is 22.3 Å². The maximum absolute atomic E-state index is 11.3. The molecule has 0 fully saturated rings. The van der Waals surface area contributed by atoms with E-state index in [0.717, 1.165) is 22.5 Å². The lowest BCUT2D eigenvalue weighted by atomic mass is 10.00. The zero-order valence-corrected chi connectivity index (χ0v) is 14.5. The summed E-state index contributed by atoms with van der Waals surface area (Å²) in [6, 6.07) is 13.0. The van der Waals surface area contributed by atoms with Crippen molar-refractivity contribution in [3.63, 3.8) is 0 Å². The third-order valence-electron chi connectivity index (χ3n) is 3.84. The summed E-state index contributed by atoms with van der Waals surface area (Å²) in [5, 5.41) is 1.20. The minimum Gasteiger partial charge on any atom is -0.366 e. The first-order valence-electron chi connectivity index (χ1n) is 7.30. The third-order valence-corrected chi connectivity index (χ3v) is 4.41. The van der Waals surface area contributed by atoms with Crippen LogP contribution in [0.25, 0.3) is 0 Å². The van der Waals surface area contributed by atoms with E-state index in [4.69, 9.17) is 28.9 Å². The Bertz CT molecular complexity index is 874. The van der Waals surface area contributed by atoms with E-state index in [9.17, 15) is 4.79 Å². The number of anilines is 1. The fraction of sp³-hybridized carbons (Fsp3) is 0.111. The van der Waals surface area contributed by atoms with Crippen LogP contribution in [0.15, 0.2) is 59.2 Å². The lowest BCUT2D eigenvalue weighted by Gasteiger charge is -2.22. The van der Waals surface area contributed by atoms with Crippen molar-refractivity contribution in [3.05, 3.63) is 75.4 Å². The fourth-order valence-electron chi connectivity index (χ4n) is 2.69. The highest BCUT2D eigenvalue weighted by Gasteiger charge is 2.22. The van der Waals surface area contributed by atoms with Gasteiger partial charge in [0.1, 0.15) is 0 Å². The average Bonchev–Trinajstić information content (AvgIpc) is 2.66. The Morgan fingerprint density at radius 1 is 1.21 bits per heavy atom. The van der Waals surface area contributed by atoms with E-state index in [-0.39, 0.29) is 0 Å². The summed E-state index contributed by atoms with van der Waals surface area (Å²) in [7, 11) is 1.87. The standard InChI is InChI=1S/C18H15Cl2N3O/c1-23-12(9-17(21)24)10-22-18(13-4-2-3-5-15(13)20)14-8-11(19)6-7-16(14)23/h2-9H,10H2,1H3,(H2,21,24)/b12-9+. The predicted octanol–water partition coefficient (Wildman–Crippen LogP) is 3.65. The van der Waals surface area contributed by atoms with Gasteiger partial charge in [-0.3, -0.25) is 9.79 Å². The molecule has 2 aromatic carbocycles. The monoisotopic (exact) mass is 359 g/mol. The number of carbonyl (C=O) groups is 1. The van der Waals surface area contributed by atoms with Crippen LogP contribution in [0.2, 0.25) is 10.0 Å². The molecule has 2 N–H and O–H groups in total. The van der Waals surface area contributed by atoms with Gasteiger partial charge in [0.15, 0.2) is 0 Å². The maximum atomic E-state index is 11.3. The SMILES string of the molecule is CN1/C(=C/C(N)=O)CN=C(c2ccccc2Cl)c2cc(Cl)ccc21. The number of benzene rings is 2. The van der Waals surface area contributed by atoms with Crippen molar-refractivity contribution in [1.82, 2.24) is 0 Å². The Labute approximate surface area is 150 Å². The molecule has 0 saturated heterocycles. The smallest absolute Gasteiger partial charge is 0.243 e. The van der Waals surface area contributed by atoms with Gasteiger partial charge in [-0.05, 0) is 24.3 Å². The molecule has 0 spiro atoms. The number of carbonyl (C=O) groups excluding carboxylic acids is 1. The Kier molecular flexibility index (Phi) is 4.60. The molecule has 0 aromatic heterocycles. The summed E-state index contributed by atoms with van der Waals surface area (Å²) in [5.41, 5.74) is 9.30. The Morgan fingerprint density at radius 2 is 1.96 bits per heavy atom. The number of amides is 1. The average molecular weight is 360 g/mol. The number of likely N-dealkylation sites (N-methyl/N-ethyl adjacent to an activating group) is 1. The lowest BCUT2D eigenvalue weighted by Crippen LogP contribution is -2.21. The molecule has 0 aliphatic carbocycles. The number of benzodiazepines with no additional fused rings is 1. The molecular formula is C18H15Cl2N3O. The van der Waals surface area contributed by atoms with Crippen molar-refractivity contribution in [2.24, 2.45) is 10.7 Å². The Balaban J connectivity index is 2.25. The molecule has 1 heterocycles. The van der Waals surface area contributed by atoms with Gasteiger partial charge in [-0.1, -0.05) is 41.4 Å². The van der Waals surface area contributed by atoms with Gasteiger partial charge in [0.05, 0.1) is 17.9 Å². The summed E-state index contributed by atoms with van der Waals surface area (Å²) >= 11 is 12.6. The van der Waals surface area contributed by atoms with Crippen molar-refractivity contribution in [1.29, 1.82) is 0 Å². The number of fused-ring (bicyclic) bond motifs is 1. The van der Waals surface area contributed by atoms with Crippen LogP contribution in [0, 0.1) is 0 Å². The second-order valence-corrected chi connectivity index (χ2v) is 6.25. The van der Waals surface area contributed by atoms with Crippen LogP contribution in [-0.2, 0) is 4.79 Å². The third kappa shape index (κ3) is 3.16. The molecule has 0 radical (unpaired) electrons. The molecule has 1 amide bonds. The van der Waals surface area contributed by atoms with E-state index < -0.39 is 5.91 Å². The molecular weight excluding hydrogens is 345 g/mol. The van der Waals surface area contributed by atoms with Crippen LogP contribution < -0.4 is 10.6 Å². The molecule has 24 heavy (non-hydrogen) atoms. The quantitative estimate of drug-likeness (QED) is 0.831. The van der Waals surface area contributed by atoms with Gasteiger partial charge >= 0.3 is 0 Å². The van der Waals surface area contributed by atoms with Crippen LogP contribution in [0.4, 0.5) is 5.69 Å². The zero-order chi connectivity index (χ0) is 17.3. The molecule has 0 bridgehead atoms. The normalized spacial score (nSPS) is 15.7. The first-order chi connectivity index (χ1) is 11.5. The number of aliphatic imine (C=N–C) groups is 1. The van der Waals surface area contributed by atoms with Crippen molar-refractivity contribution in [2.45, 2.75) is 0 Å². The number of hydrogen-bond donors (Lipinski definition) is 1. The molecule has 0 unspecified atom stereocenters. The number of halogens is 2. The van der Waals surface area contributed by atoms with Crippen LogP contribution >= 0.6 is 23.2 Å². The van der Waals surface area contributed by atoms with Gasteiger partial charge in [0.25, 0.3) is 0 Å². The summed E-state index contributed by atoms with van der Waals surface area (Å²) in [6.07, 6.45) is 1.39. The highest BCUT2D eigenvalue weighted by Crippen LogP contribution is 2.32. The molecule has 1 aliphatic heterocycles. The van der Waals surface area contributed by atoms with Gasteiger partial charge in [0.2, 0.25) is 5.91 Å². The minimum absolute atomic E-state index is 0.312. The fourth-order valence-corrected chi connectivity index (χ4v) is 3.08. The lowest BCUT2D eigenvalue weighted by molar-refractivity contribution is -0.113. The first-order valence-corrected chi connectivity index (χ1v) is 8.06. The van der Waals surface area contributed by atoms with E-state index in [1.807, 2.05) is 48.3 Å². The van der Waals surface area contributed by atoms with Gasteiger partial charge in [-0.2, -0.15) is 0 Å². The highest BCUT2D eigenvalue weighted by molar-refractivity contribution is 6.36. The Morgan fingerprint density at radius 3 is 2.67 bits per heavy atom. The van der Waals surface area contributed by atoms with E-state index in [1.165, 1.54) is 6.08 Å². The number of primary amides is 1. The predicted molar refractivity (Wildman–Crippen MR) is 99.1 cm³/mol. The maximum Gasteiger partial charge on any atom is 0.243 e. The molecule has 1 aliphatic rings. The molecule has 0 atom stereocenters. The number of hydrogen-bond acceptors (Lipinski definition) is 3. The van der Waals surface area contributed by atoms with Crippen LogP contribution in [0.3, 0.4) is 0 Å². The van der Waals surface area contributed by atoms with Crippen LogP contribution in [-0.4, -0.2) is 25.2 Å². The van der Waals surface area contributed by atoms with Crippen LogP contribution in [0.1, 0.15) is 11.1 Å². The number of nitrogens with zero attached hydrogens (tertiary/aromatic N) is 2. The van der Waals surface area contributed by atoms with Crippen molar-refractivity contribution in [3.8, 4) is 0 Å². The minimum atomic E-state index is -0.510. The topological polar surface area (TPSA) is 58.7 Å². The van der Waals surface area contributed by atoms with E-state index in [2.05, 4.69) is 4.99 Å². The summed E-state index contributed by atoms with van der Waals surface area (Å²) in [5.74, 6) is -0.510. The first kappa shape index (κ1) is 16.6. The molecule has 0 saturated carbocycles. The van der Waals surface area contributed by atoms with Gasteiger partial charge in [0, 0.05) is 40.0 Å². The molecule has 4 nitrogen and oxygen atoms in total. The van der Waals surface area contributed by atoms with Gasteiger partial charge in [-0.15, -0.1) is 0 Å². The summed E-state index contributed by atoms with van der Waals surface area (Å²) in [4.78, 5) is 17.9. The van der Waals surface area contributed by atoms with Gasteiger partial charge in [-0.25, -0.2) is 0 Å². The molecule has 2 aromatic rings. The largest absolute Gasteiger partial charge is 0.366 e. The second kappa shape index (κ2) is 6.67. The molecule has 3 rings (SSSR count). The van der Waals surface area contributed by atoms with E-state index in [1.54, 1.807) is 6.07 Å². The zero-order valence-electron chi connectivity index (χ0n) is 13.0. The van der Waals surface area contributed by atoms with Gasteiger partial charge < -0.3 is 10.6 Å².